The van der Waals surface area contributed by atoms with Crippen molar-refractivity contribution >= 4 is 11.6 Å². The minimum Gasteiger partial charge on any atom is -0.324 e. The van der Waals surface area contributed by atoms with E-state index in [-0.39, 0.29) is 6.04 Å². The van der Waals surface area contributed by atoms with Crippen LogP contribution in [0, 0.1) is 0 Å². The first-order chi connectivity index (χ1) is 7.74. The Morgan fingerprint density at radius 2 is 1.88 bits per heavy atom. The van der Waals surface area contributed by atoms with Crippen LogP contribution in [0.1, 0.15) is 43.7 Å². The Morgan fingerprint density at radius 3 is 2.50 bits per heavy atom. The molecule has 1 aromatic carbocycles. The average Bonchev–Trinajstić information content (AvgIpc) is 2.29. The Hall–Kier alpha value is -0.790. The lowest BCUT2D eigenvalue weighted by Gasteiger charge is -2.11. The van der Waals surface area contributed by atoms with E-state index in [1.807, 2.05) is 30.3 Å². The lowest BCUT2D eigenvalue weighted by atomic mass is 10.0. The molecule has 0 aromatic heterocycles. The van der Waals surface area contributed by atoms with E-state index >= 15 is 0 Å². The van der Waals surface area contributed by atoms with Crippen molar-refractivity contribution in [1.82, 2.24) is 0 Å². The van der Waals surface area contributed by atoms with Crippen LogP contribution in [0.25, 0.3) is 0 Å². The number of unbranched alkanes of at least 4 members (excludes halogenated alkanes) is 3. The summed E-state index contributed by atoms with van der Waals surface area (Å²) in [7, 11) is 0. The summed E-state index contributed by atoms with van der Waals surface area (Å²) in [5, 5.41) is 0.766. The van der Waals surface area contributed by atoms with Crippen LogP contribution in [0.4, 0.5) is 0 Å². The molecule has 88 valence electrons. The summed E-state index contributed by atoms with van der Waals surface area (Å²) < 4.78 is 0. The van der Waals surface area contributed by atoms with E-state index in [0.29, 0.717) is 0 Å². The molecule has 0 aliphatic heterocycles. The van der Waals surface area contributed by atoms with Gasteiger partial charge in [0.1, 0.15) is 0 Å². The van der Waals surface area contributed by atoms with Crippen molar-refractivity contribution in [2.24, 2.45) is 5.73 Å². The number of nitrogens with two attached hydrogens (primary N) is 1. The van der Waals surface area contributed by atoms with Crippen LogP contribution in [0.3, 0.4) is 0 Å². The van der Waals surface area contributed by atoms with Crippen molar-refractivity contribution in [2.75, 3.05) is 0 Å². The highest BCUT2D eigenvalue weighted by Gasteiger charge is 2.04. The van der Waals surface area contributed by atoms with E-state index in [9.17, 15) is 0 Å². The highest BCUT2D eigenvalue weighted by Crippen LogP contribution is 2.19. The van der Waals surface area contributed by atoms with E-state index in [1.165, 1.54) is 24.8 Å². The van der Waals surface area contributed by atoms with Crippen molar-refractivity contribution in [3.8, 4) is 0 Å². The van der Waals surface area contributed by atoms with Gasteiger partial charge < -0.3 is 5.73 Å². The van der Waals surface area contributed by atoms with Crippen molar-refractivity contribution in [1.29, 1.82) is 0 Å². The highest BCUT2D eigenvalue weighted by atomic mass is 35.5. The Labute approximate surface area is 103 Å². The van der Waals surface area contributed by atoms with E-state index < -0.39 is 0 Å². The molecule has 1 atom stereocenters. The van der Waals surface area contributed by atoms with Crippen molar-refractivity contribution in [3.05, 3.63) is 47.5 Å². The largest absolute Gasteiger partial charge is 0.324 e. The molecule has 0 aliphatic carbocycles. The number of halogens is 1. The molecule has 0 fully saturated rings. The Morgan fingerprint density at radius 1 is 1.19 bits per heavy atom. The summed E-state index contributed by atoms with van der Waals surface area (Å²) >= 11 is 5.83. The smallest absolute Gasteiger partial charge is 0.0406 e. The summed E-state index contributed by atoms with van der Waals surface area (Å²) in [5.41, 5.74) is 7.27. The maximum atomic E-state index is 6.10. The topological polar surface area (TPSA) is 26.0 Å². The highest BCUT2D eigenvalue weighted by molar-refractivity contribution is 6.30. The predicted octanol–water partition coefficient (Wildman–Crippen LogP) is 4.48. The molecule has 1 unspecified atom stereocenters. The fourth-order valence-electron chi connectivity index (χ4n) is 1.71. The fraction of sp³-hybridized carbons (Fsp3) is 0.429. The summed E-state index contributed by atoms with van der Waals surface area (Å²) in [6.07, 6.45) is 7.75. The molecule has 0 saturated heterocycles. The van der Waals surface area contributed by atoms with Crippen molar-refractivity contribution in [2.45, 2.75) is 38.1 Å². The van der Waals surface area contributed by atoms with Crippen LogP contribution >= 0.6 is 11.6 Å². The van der Waals surface area contributed by atoms with Gasteiger partial charge >= 0.3 is 0 Å². The SMILES string of the molecule is C=CCCCCCC(N)c1ccc(Cl)cc1. The van der Waals surface area contributed by atoms with Gasteiger partial charge in [-0.1, -0.05) is 42.7 Å². The van der Waals surface area contributed by atoms with Gasteiger partial charge in [0.15, 0.2) is 0 Å². The van der Waals surface area contributed by atoms with Gasteiger partial charge in [-0.25, -0.2) is 0 Å². The van der Waals surface area contributed by atoms with E-state index in [0.717, 1.165) is 17.9 Å². The second-order valence-electron chi connectivity index (χ2n) is 4.08. The average molecular weight is 238 g/mol. The minimum absolute atomic E-state index is 0.140. The molecule has 2 heteroatoms. The standard InChI is InChI=1S/C14H20ClN/c1-2-3-4-5-6-7-14(16)12-8-10-13(15)11-9-12/h2,8-11,14H,1,3-7,16H2. The second-order valence-corrected chi connectivity index (χ2v) is 4.52. The summed E-state index contributed by atoms with van der Waals surface area (Å²) in [6, 6.07) is 7.96. The van der Waals surface area contributed by atoms with E-state index in [4.69, 9.17) is 17.3 Å². The normalized spacial score (nSPS) is 12.4. The molecule has 0 bridgehead atoms. The Balaban J connectivity index is 2.26. The molecule has 2 N–H and O–H groups in total. The first kappa shape index (κ1) is 13.3. The zero-order valence-corrected chi connectivity index (χ0v) is 10.4. The molecule has 0 aliphatic rings. The first-order valence-electron chi connectivity index (χ1n) is 5.86. The molecule has 1 aromatic rings. The third kappa shape index (κ3) is 4.82. The fourth-order valence-corrected chi connectivity index (χ4v) is 1.83. The molecule has 1 rings (SSSR count). The Kier molecular flexibility index (Phi) is 6.20. The van der Waals surface area contributed by atoms with Gasteiger partial charge in [0.05, 0.1) is 0 Å². The summed E-state index contributed by atoms with van der Waals surface area (Å²) in [6.45, 7) is 3.71. The third-order valence-corrected chi connectivity index (χ3v) is 2.97. The third-order valence-electron chi connectivity index (χ3n) is 2.72. The lowest BCUT2D eigenvalue weighted by Crippen LogP contribution is -2.09. The zero-order chi connectivity index (χ0) is 11.8. The van der Waals surface area contributed by atoms with Gasteiger partial charge in [-0.05, 0) is 37.0 Å². The van der Waals surface area contributed by atoms with Crippen LogP contribution in [0.5, 0.6) is 0 Å². The summed E-state index contributed by atoms with van der Waals surface area (Å²) in [4.78, 5) is 0. The molecule has 1 nitrogen and oxygen atoms in total. The molecule has 0 saturated carbocycles. The molecule has 0 spiro atoms. The van der Waals surface area contributed by atoms with Crippen LogP contribution in [-0.4, -0.2) is 0 Å². The van der Waals surface area contributed by atoms with Gasteiger partial charge in [0.25, 0.3) is 0 Å². The molecule has 0 amide bonds. The van der Waals surface area contributed by atoms with Gasteiger partial charge in [-0.3, -0.25) is 0 Å². The number of hydrogen-bond donors (Lipinski definition) is 1. The Bertz CT molecular complexity index is 305. The van der Waals surface area contributed by atoms with Crippen LogP contribution in [-0.2, 0) is 0 Å². The number of hydrogen-bond acceptors (Lipinski definition) is 1. The number of benzene rings is 1. The number of allylic oxidation sites excluding steroid dienone is 1. The van der Waals surface area contributed by atoms with Gasteiger partial charge in [-0.2, -0.15) is 0 Å². The predicted molar refractivity (Wildman–Crippen MR) is 71.7 cm³/mol. The van der Waals surface area contributed by atoms with Crippen molar-refractivity contribution in [3.63, 3.8) is 0 Å². The maximum absolute atomic E-state index is 6.10. The number of rotatable bonds is 7. The molecule has 16 heavy (non-hydrogen) atoms. The maximum Gasteiger partial charge on any atom is 0.0406 e. The van der Waals surface area contributed by atoms with Gasteiger partial charge in [0.2, 0.25) is 0 Å². The molecule has 0 radical (unpaired) electrons. The first-order valence-corrected chi connectivity index (χ1v) is 6.24. The minimum atomic E-state index is 0.140. The van der Waals surface area contributed by atoms with Gasteiger partial charge in [0, 0.05) is 11.1 Å². The molecular formula is C14H20ClN. The van der Waals surface area contributed by atoms with Crippen molar-refractivity contribution < 1.29 is 0 Å². The van der Waals surface area contributed by atoms with Crippen LogP contribution in [0.2, 0.25) is 5.02 Å². The quantitative estimate of drug-likeness (QED) is 0.549. The zero-order valence-electron chi connectivity index (χ0n) is 9.66. The van der Waals surface area contributed by atoms with Gasteiger partial charge in [-0.15, -0.1) is 6.58 Å². The lowest BCUT2D eigenvalue weighted by molar-refractivity contribution is 0.572. The van der Waals surface area contributed by atoms with Crippen LogP contribution in [0.15, 0.2) is 36.9 Å². The molecule has 0 heterocycles. The molecular weight excluding hydrogens is 218 g/mol. The van der Waals surface area contributed by atoms with E-state index in [2.05, 4.69) is 6.58 Å². The monoisotopic (exact) mass is 237 g/mol. The second kappa shape index (κ2) is 7.48. The van der Waals surface area contributed by atoms with Crippen LogP contribution < -0.4 is 5.73 Å². The van der Waals surface area contributed by atoms with E-state index in [1.54, 1.807) is 0 Å². The summed E-state index contributed by atoms with van der Waals surface area (Å²) in [5.74, 6) is 0.